The smallest absolute Gasteiger partial charge is 0.339 e. The molecule has 7 nitrogen and oxygen atoms in total. The molecule has 0 aliphatic heterocycles. The summed E-state index contributed by atoms with van der Waals surface area (Å²) in [7, 11) is 1.68. The van der Waals surface area contributed by atoms with Gasteiger partial charge in [0, 0.05) is 31.0 Å². The van der Waals surface area contributed by atoms with Crippen molar-refractivity contribution in [3.05, 3.63) is 62.8 Å². The van der Waals surface area contributed by atoms with Crippen LogP contribution in [0.15, 0.2) is 29.2 Å². The van der Waals surface area contributed by atoms with Crippen LogP contribution in [0.3, 0.4) is 0 Å². The highest BCUT2D eigenvalue weighted by atomic mass is 16.5. The number of nitrogens with one attached hydrogen (secondary N) is 1. The summed E-state index contributed by atoms with van der Waals surface area (Å²) in [6, 6.07) is 4.96. The van der Waals surface area contributed by atoms with E-state index in [1.807, 2.05) is 13.0 Å². The molecule has 0 radical (unpaired) electrons. The van der Waals surface area contributed by atoms with Crippen LogP contribution in [0, 0.1) is 13.8 Å². The fourth-order valence-corrected chi connectivity index (χ4v) is 2.27. The van der Waals surface area contributed by atoms with Crippen LogP contribution in [0.1, 0.15) is 44.6 Å². The number of amides is 1. The molecule has 7 heteroatoms. The van der Waals surface area contributed by atoms with Gasteiger partial charge in [0.25, 0.3) is 11.5 Å². The van der Waals surface area contributed by atoms with Crippen LogP contribution < -0.4 is 10.9 Å². The highest BCUT2D eigenvalue weighted by Crippen LogP contribution is 2.10. The third kappa shape index (κ3) is 4.12. The third-order valence-electron chi connectivity index (χ3n) is 3.92. The van der Waals surface area contributed by atoms with E-state index in [0.29, 0.717) is 11.3 Å². The van der Waals surface area contributed by atoms with Gasteiger partial charge in [0.1, 0.15) is 0 Å². The zero-order chi connectivity index (χ0) is 18.6. The molecule has 0 spiro atoms. The van der Waals surface area contributed by atoms with Crippen LogP contribution in [0.4, 0.5) is 0 Å². The summed E-state index contributed by atoms with van der Waals surface area (Å²) in [5, 5.41) is 2.70. The van der Waals surface area contributed by atoms with Crippen molar-refractivity contribution in [2.45, 2.75) is 27.3 Å². The van der Waals surface area contributed by atoms with Crippen molar-refractivity contribution in [1.82, 2.24) is 14.9 Å². The predicted molar refractivity (Wildman–Crippen MR) is 92.5 cm³/mol. The van der Waals surface area contributed by atoms with Crippen molar-refractivity contribution in [2.24, 2.45) is 7.05 Å². The zero-order valence-corrected chi connectivity index (χ0v) is 14.8. The number of aromatic nitrogens is 2. The number of esters is 1. The van der Waals surface area contributed by atoms with Crippen LogP contribution in [-0.2, 0) is 18.3 Å². The van der Waals surface area contributed by atoms with Crippen LogP contribution >= 0.6 is 0 Å². The van der Waals surface area contributed by atoms with Crippen molar-refractivity contribution in [2.75, 3.05) is 6.61 Å². The number of pyridine rings is 2. The molecule has 0 atom stereocenters. The van der Waals surface area contributed by atoms with Gasteiger partial charge in [0.2, 0.25) is 0 Å². The number of hydrogen-bond donors (Lipinski definition) is 1. The van der Waals surface area contributed by atoms with Gasteiger partial charge in [-0.25, -0.2) is 4.79 Å². The Bertz CT molecular complexity index is 871. The number of ether oxygens (including phenoxy) is 1. The summed E-state index contributed by atoms with van der Waals surface area (Å²) in [5.74, 6) is -0.935. The van der Waals surface area contributed by atoms with E-state index in [1.54, 1.807) is 27.0 Å². The van der Waals surface area contributed by atoms with Gasteiger partial charge in [-0.2, -0.15) is 0 Å². The Morgan fingerprint density at radius 2 is 2.00 bits per heavy atom. The molecule has 25 heavy (non-hydrogen) atoms. The second-order valence-corrected chi connectivity index (χ2v) is 5.62. The Morgan fingerprint density at radius 3 is 2.68 bits per heavy atom. The number of carbonyl (C=O) groups is 2. The number of rotatable bonds is 5. The van der Waals surface area contributed by atoms with E-state index in [0.717, 1.165) is 5.69 Å². The molecular weight excluding hydrogens is 322 g/mol. The molecule has 1 N–H and O–H groups in total. The Labute approximate surface area is 145 Å². The molecule has 1 amide bonds. The fourth-order valence-electron chi connectivity index (χ4n) is 2.27. The first-order valence-corrected chi connectivity index (χ1v) is 7.92. The van der Waals surface area contributed by atoms with E-state index < -0.39 is 11.9 Å². The number of carbonyl (C=O) groups excluding carboxylic acids is 2. The van der Waals surface area contributed by atoms with Gasteiger partial charge in [-0.3, -0.25) is 14.6 Å². The first kappa shape index (κ1) is 18.4. The second-order valence-electron chi connectivity index (χ2n) is 5.62. The first-order valence-electron chi connectivity index (χ1n) is 7.92. The van der Waals surface area contributed by atoms with Gasteiger partial charge in [-0.1, -0.05) is 6.07 Å². The average molecular weight is 343 g/mol. The van der Waals surface area contributed by atoms with Crippen molar-refractivity contribution in [1.29, 1.82) is 0 Å². The lowest BCUT2D eigenvalue weighted by Gasteiger charge is -2.10. The maximum Gasteiger partial charge on any atom is 0.339 e. The van der Waals surface area contributed by atoms with E-state index in [9.17, 15) is 14.4 Å². The van der Waals surface area contributed by atoms with Crippen LogP contribution in [-0.4, -0.2) is 28.0 Å². The van der Waals surface area contributed by atoms with Crippen molar-refractivity contribution >= 4 is 11.9 Å². The summed E-state index contributed by atoms with van der Waals surface area (Å²) >= 11 is 0. The minimum atomic E-state index is -0.531. The molecular formula is C18H21N3O4. The maximum atomic E-state index is 12.4. The van der Waals surface area contributed by atoms with Gasteiger partial charge >= 0.3 is 5.97 Å². The predicted octanol–water partition coefficient (Wildman–Crippen LogP) is 1.50. The molecule has 2 aromatic rings. The summed E-state index contributed by atoms with van der Waals surface area (Å²) in [4.78, 5) is 40.4. The van der Waals surface area contributed by atoms with E-state index in [2.05, 4.69) is 10.3 Å². The second kappa shape index (κ2) is 7.74. The van der Waals surface area contributed by atoms with Gasteiger partial charge in [-0.05, 0) is 32.9 Å². The Morgan fingerprint density at radius 1 is 1.28 bits per heavy atom. The van der Waals surface area contributed by atoms with Crippen LogP contribution in [0.25, 0.3) is 0 Å². The summed E-state index contributed by atoms with van der Waals surface area (Å²) in [5.41, 5.74) is 2.13. The summed E-state index contributed by atoms with van der Waals surface area (Å²) in [6.45, 7) is 5.55. The highest BCUT2D eigenvalue weighted by molar-refractivity contribution is 5.98. The number of aryl methyl sites for hydroxylation is 2. The number of hydrogen-bond acceptors (Lipinski definition) is 5. The van der Waals surface area contributed by atoms with Gasteiger partial charge in [-0.15, -0.1) is 0 Å². The van der Waals surface area contributed by atoms with Crippen LogP contribution in [0.5, 0.6) is 0 Å². The fraction of sp³-hybridized carbons (Fsp3) is 0.333. The minimum Gasteiger partial charge on any atom is -0.462 e. The first-order chi connectivity index (χ1) is 11.8. The molecule has 2 rings (SSSR count). The van der Waals surface area contributed by atoms with Crippen molar-refractivity contribution < 1.29 is 14.3 Å². The third-order valence-corrected chi connectivity index (χ3v) is 3.92. The normalized spacial score (nSPS) is 10.4. The van der Waals surface area contributed by atoms with E-state index in [1.165, 1.54) is 16.8 Å². The Balaban J connectivity index is 2.18. The lowest BCUT2D eigenvalue weighted by molar-refractivity contribution is 0.0526. The summed E-state index contributed by atoms with van der Waals surface area (Å²) < 4.78 is 6.44. The average Bonchev–Trinajstić information content (AvgIpc) is 2.59. The lowest BCUT2D eigenvalue weighted by Crippen LogP contribution is -2.30. The van der Waals surface area contributed by atoms with Crippen LogP contribution in [0.2, 0.25) is 0 Å². The van der Waals surface area contributed by atoms with Crippen molar-refractivity contribution in [3.63, 3.8) is 0 Å². The van der Waals surface area contributed by atoms with Gasteiger partial charge in [0.15, 0.2) is 0 Å². The van der Waals surface area contributed by atoms with Gasteiger partial charge < -0.3 is 14.6 Å². The van der Waals surface area contributed by atoms with E-state index >= 15 is 0 Å². The van der Waals surface area contributed by atoms with E-state index in [4.69, 9.17) is 4.74 Å². The Kier molecular flexibility index (Phi) is 5.69. The molecule has 0 unspecified atom stereocenters. The van der Waals surface area contributed by atoms with Crippen molar-refractivity contribution in [3.8, 4) is 0 Å². The standard InChI is InChI=1S/C18H21N3O4/c1-5-25-18(24)14-8-15(12(3)19-10-14)16(22)20-9-13-7-6-11(2)21(4)17(13)23/h6-8,10H,5,9H2,1-4H3,(H,20,22). The molecule has 2 heterocycles. The molecule has 2 aromatic heterocycles. The maximum absolute atomic E-state index is 12.4. The molecule has 0 aliphatic rings. The molecule has 0 saturated heterocycles. The SMILES string of the molecule is CCOC(=O)c1cnc(C)c(C(=O)NCc2ccc(C)n(C)c2=O)c1. The van der Waals surface area contributed by atoms with E-state index in [-0.39, 0.29) is 29.8 Å². The number of nitrogens with zero attached hydrogens (tertiary/aromatic N) is 2. The molecule has 0 bridgehead atoms. The largest absolute Gasteiger partial charge is 0.462 e. The molecule has 132 valence electrons. The Hall–Kier alpha value is -2.96. The van der Waals surface area contributed by atoms with Gasteiger partial charge in [0.05, 0.1) is 23.4 Å². The monoisotopic (exact) mass is 343 g/mol. The summed E-state index contributed by atoms with van der Waals surface area (Å²) in [6.07, 6.45) is 1.37. The minimum absolute atomic E-state index is 0.0921. The highest BCUT2D eigenvalue weighted by Gasteiger charge is 2.15. The topological polar surface area (TPSA) is 90.3 Å². The lowest BCUT2D eigenvalue weighted by atomic mass is 10.1. The molecule has 0 aromatic carbocycles. The zero-order valence-electron chi connectivity index (χ0n) is 14.8. The molecule has 0 aliphatic carbocycles. The quantitative estimate of drug-likeness (QED) is 0.831. The molecule has 0 saturated carbocycles. The molecule has 0 fully saturated rings.